The molecule has 0 fully saturated rings. The van der Waals surface area contributed by atoms with Crippen LogP contribution in [0.25, 0.3) is 0 Å². The van der Waals surface area contributed by atoms with Gasteiger partial charge in [-0.05, 0) is 62.1 Å². The summed E-state index contributed by atoms with van der Waals surface area (Å²) in [6.07, 6.45) is 7.01. The number of nitrogen functional groups attached to an aromatic ring is 2. The molecule has 2 rings (SSSR count). The van der Waals surface area contributed by atoms with Crippen LogP contribution in [0.5, 0.6) is 0 Å². The van der Waals surface area contributed by atoms with Gasteiger partial charge in [-0.3, -0.25) is 0 Å². The van der Waals surface area contributed by atoms with Crippen molar-refractivity contribution in [3.63, 3.8) is 0 Å². The molecule has 0 saturated carbocycles. The minimum atomic E-state index is -0.680. The Balaban J connectivity index is 2.38. The quantitative estimate of drug-likeness (QED) is 0.342. The van der Waals surface area contributed by atoms with Crippen LogP contribution in [0.3, 0.4) is 0 Å². The van der Waals surface area contributed by atoms with Crippen LogP contribution in [-0.2, 0) is 31.9 Å². The van der Waals surface area contributed by atoms with Crippen LogP contribution in [0.15, 0.2) is 72.8 Å². The van der Waals surface area contributed by atoms with Crippen molar-refractivity contribution in [3.05, 3.63) is 84.0 Å². The van der Waals surface area contributed by atoms with Gasteiger partial charge >= 0.3 is 11.9 Å². The fourth-order valence-corrected chi connectivity index (χ4v) is 3.26. The van der Waals surface area contributed by atoms with Crippen molar-refractivity contribution in [1.29, 1.82) is 0 Å². The average Bonchev–Trinajstić information content (AvgIpc) is 2.75. The predicted octanol–water partition coefficient (Wildman–Crippen LogP) is 3.86. The molecule has 4 N–H and O–H groups in total. The van der Waals surface area contributed by atoms with E-state index in [0.29, 0.717) is 24.2 Å². The van der Waals surface area contributed by atoms with Gasteiger partial charge in [-0.1, -0.05) is 36.4 Å². The van der Waals surface area contributed by atoms with Crippen molar-refractivity contribution >= 4 is 23.3 Å². The summed E-state index contributed by atoms with van der Waals surface area (Å²) in [5.74, 6) is -0.887. The molecule has 0 bridgehead atoms. The average molecular weight is 423 g/mol. The molecule has 0 radical (unpaired) electrons. The Labute approximate surface area is 183 Å². The fourth-order valence-electron chi connectivity index (χ4n) is 3.26. The molecule has 0 heterocycles. The predicted molar refractivity (Wildman–Crippen MR) is 123 cm³/mol. The number of allylic oxidation sites excluding steroid dienone is 2. The first-order valence-electron chi connectivity index (χ1n) is 10.1. The summed E-state index contributed by atoms with van der Waals surface area (Å²) in [7, 11) is 0. The molecule has 0 spiro atoms. The summed E-state index contributed by atoms with van der Waals surface area (Å²) in [5, 5.41) is 0. The first-order chi connectivity index (χ1) is 14.9. The number of hydrogen-bond donors (Lipinski definition) is 2. The van der Waals surface area contributed by atoms with Crippen molar-refractivity contribution in [2.45, 2.75) is 26.7 Å². The normalized spacial score (nSPS) is 11.7. The Hall–Kier alpha value is -3.54. The minimum Gasteiger partial charge on any atom is -0.462 e. The molecule has 0 aliphatic rings. The van der Waals surface area contributed by atoms with Crippen molar-refractivity contribution in [2.24, 2.45) is 5.41 Å². The molecule has 0 amide bonds. The maximum Gasteiger partial charge on any atom is 0.330 e. The highest BCUT2D eigenvalue weighted by Crippen LogP contribution is 2.30. The van der Waals surface area contributed by atoms with E-state index >= 15 is 0 Å². The Kier molecular flexibility index (Phi) is 8.88. The minimum absolute atomic E-state index is 0.0774. The van der Waals surface area contributed by atoms with Crippen LogP contribution in [0.4, 0.5) is 11.4 Å². The van der Waals surface area contributed by atoms with E-state index in [1.165, 1.54) is 12.2 Å². The van der Waals surface area contributed by atoms with Crippen LogP contribution < -0.4 is 11.5 Å². The molecule has 164 valence electrons. The van der Waals surface area contributed by atoms with E-state index in [2.05, 4.69) is 0 Å². The van der Waals surface area contributed by atoms with Crippen LogP contribution >= 0.6 is 0 Å². The van der Waals surface area contributed by atoms with Gasteiger partial charge in [0.1, 0.15) is 13.2 Å². The third-order valence-electron chi connectivity index (χ3n) is 4.76. The summed E-state index contributed by atoms with van der Waals surface area (Å²) in [5.41, 5.74) is 14.3. The topological polar surface area (TPSA) is 105 Å². The van der Waals surface area contributed by atoms with Crippen LogP contribution in [0.2, 0.25) is 0 Å². The van der Waals surface area contributed by atoms with Gasteiger partial charge in [0.2, 0.25) is 0 Å². The second-order valence-corrected chi connectivity index (χ2v) is 7.55. The van der Waals surface area contributed by atoms with Crippen LogP contribution in [0.1, 0.15) is 25.0 Å². The van der Waals surface area contributed by atoms with E-state index in [-0.39, 0.29) is 13.2 Å². The number of anilines is 2. The van der Waals surface area contributed by atoms with Gasteiger partial charge in [0.15, 0.2) is 0 Å². The van der Waals surface area contributed by atoms with Crippen molar-refractivity contribution in [1.82, 2.24) is 0 Å². The molecule has 2 aromatic carbocycles. The van der Waals surface area contributed by atoms with Gasteiger partial charge in [-0.2, -0.15) is 0 Å². The summed E-state index contributed by atoms with van der Waals surface area (Å²) in [6, 6.07) is 15.0. The molecule has 0 saturated heterocycles. The second-order valence-electron chi connectivity index (χ2n) is 7.55. The van der Waals surface area contributed by atoms with E-state index in [0.717, 1.165) is 11.1 Å². The zero-order valence-corrected chi connectivity index (χ0v) is 18.0. The smallest absolute Gasteiger partial charge is 0.330 e. The Morgan fingerprint density at radius 3 is 1.42 bits per heavy atom. The molecule has 2 aromatic rings. The largest absolute Gasteiger partial charge is 0.462 e. The van der Waals surface area contributed by atoms with E-state index in [1.54, 1.807) is 26.0 Å². The lowest BCUT2D eigenvalue weighted by Crippen LogP contribution is -2.38. The van der Waals surface area contributed by atoms with Crippen molar-refractivity contribution in [3.8, 4) is 0 Å². The SMILES string of the molecule is C/C=C/C(=O)OCC(COC(=O)/C=C/C)(Cc1ccc(N)cc1)Cc1ccc(N)cc1. The Morgan fingerprint density at radius 1 is 0.742 bits per heavy atom. The van der Waals surface area contributed by atoms with E-state index in [4.69, 9.17) is 20.9 Å². The molecule has 0 unspecified atom stereocenters. The third-order valence-corrected chi connectivity index (χ3v) is 4.76. The van der Waals surface area contributed by atoms with Gasteiger partial charge in [-0.25, -0.2) is 9.59 Å². The summed E-state index contributed by atoms with van der Waals surface area (Å²) >= 11 is 0. The van der Waals surface area contributed by atoms with Crippen LogP contribution in [-0.4, -0.2) is 25.2 Å². The molecule has 31 heavy (non-hydrogen) atoms. The van der Waals surface area contributed by atoms with Gasteiger partial charge in [0.05, 0.1) is 0 Å². The van der Waals surface area contributed by atoms with E-state index in [1.807, 2.05) is 48.5 Å². The molecule has 0 atom stereocenters. The zero-order chi connectivity index (χ0) is 22.7. The number of carbonyl (C=O) groups is 2. The molecular formula is C25H30N2O4. The molecule has 0 aromatic heterocycles. The number of hydrogen-bond acceptors (Lipinski definition) is 6. The highest BCUT2D eigenvalue weighted by molar-refractivity contribution is 5.82. The summed E-state index contributed by atoms with van der Waals surface area (Å²) in [6.45, 7) is 3.65. The van der Waals surface area contributed by atoms with Gasteiger partial charge < -0.3 is 20.9 Å². The van der Waals surface area contributed by atoms with Crippen molar-refractivity contribution < 1.29 is 19.1 Å². The number of benzene rings is 2. The zero-order valence-electron chi connectivity index (χ0n) is 18.0. The first kappa shape index (κ1) is 23.7. The fraction of sp³-hybridized carbons (Fsp3) is 0.280. The molecular weight excluding hydrogens is 392 g/mol. The van der Waals surface area contributed by atoms with Crippen LogP contribution in [0, 0.1) is 5.41 Å². The maximum atomic E-state index is 12.1. The standard InChI is InChI=1S/C25H30N2O4/c1-3-5-23(28)30-17-25(18-31-24(29)6-4-2,15-19-7-11-21(26)12-8-19)16-20-9-13-22(27)14-10-20/h3-14H,15-18,26-27H2,1-2H3/b5-3+,6-4+. The number of nitrogens with two attached hydrogens (primary N) is 2. The lowest BCUT2D eigenvalue weighted by molar-refractivity contribution is -0.148. The molecule has 6 heteroatoms. The third kappa shape index (κ3) is 8.01. The Bertz CT molecular complexity index is 838. The van der Waals surface area contributed by atoms with Gasteiger partial charge in [0.25, 0.3) is 0 Å². The number of rotatable bonds is 10. The molecule has 0 aliphatic carbocycles. The lowest BCUT2D eigenvalue weighted by Gasteiger charge is -2.33. The second kappa shape index (κ2) is 11.6. The van der Waals surface area contributed by atoms with Gasteiger partial charge in [0, 0.05) is 28.9 Å². The molecule has 6 nitrogen and oxygen atoms in total. The van der Waals surface area contributed by atoms with Gasteiger partial charge in [-0.15, -0.1) is 0 Å². The van der Waals surface area contributed by atoms with E-state index < -0.39 is 17.4 Å². The van der Waals surface area contributed by atoms with Crippen molar-refractivity contribution in [2.75, 3.05) is 24.7 Å². The highest BCUT2D eigenvalue weighted by atomic mass is 16.5. The monoisotopic (exact) mass is 422 g/mol. The van der Waals surface area contributed by atoms with E-state index in [9.17, 15) is 9.59 Å². The lowest BCUT2D eigenvalue weighted by atomic mass is 9.77. The number of esters is 2. The summed E-state index contributed by atoms with van der Waals surface area (Å²) < 4.78 is 11.1. The maximum absolute atomic E-state index is 12.1. The molecule has 0 aliphatic heterocycles. The highest BCUT2D eigenvalue weighted by Gasteiger charge is 2.34. The Morgan fingerprint density at radius 2 is 1.10 bits per heavy atom. The summed E-state index contributed by atoms with van der Waals surface area (Å²) in [4.78, 5) is 24.1. The number of ether oxygens (including phenoxy) is 2. The number of carbonyl (C=O) groups excluding carboxylic acids is 2. The first-order valence-corrected chi connectivity index (χ1v) is 10.1.